The van der Waals surface area contributed by atoms with Crippen molar-refractivity contribution in [1.82, 2.24) is 4.98 Å². The third-order valence-electron chi connectivity index (χ3n) is 1.86. The van der Waals surface area contributed by atoms with E-state index < -0.39 is 0 Å². The van der Waals surface area contributed by atoms with Crippen LogP contribution in [0.5, 0.6) is 0 Å². The minimum atomic E-state index is 0.302. The molecule has 68 valence electrons. The normalized spacial score (nSPS) is 10.1. The topological polar surface area (TPSA) is 36.7 Å². The summed E-state index contributed by atoms with van der Waals surface area (Å²) in [6, 6.07) is 8.77. The summed E-state index contributed by atoms with van der Waals surface area (Å²) in [5.41, 5.74) is 1.15. The number of nitrogens with zero attached hydrogens (tertiary/aromatic N) is 2. The molecular formula is C10H4Cl2N2. The van der Waals surface area contributed by atoms with Gasteiger partial charge in [-0.3, -0.25) is 0 Å². The lowest BCUT2D eigenvalue weighted by Crippen LogP contribution is -1.84. The highest BCUT2D eigenvalue weighted by Gasteiger charge is 2.04. The van der Waals surface area contributed by atoms with E-state index in [0.29, 0.717) is 21.3 Å². The second kappa shape index (κ2) is 3.45. The third kappa shape index (κ3) is 1.52. The average Bonchev–Trinajstić information content (AvgIpc) is 2.15. The van der Waals surface area contributed by atoms with Gasteiger partial charge in [0.2, 0.25) is 0 Å². The summed E-state index contributed by atoms with van der Waals surface area (Å²) in [4.78, 5) is 4.07. The molecular weight excluding hydrogens is 219 g/mol. The quantitative estimate of drug-likeness (QED) is 0.641. The van der Waals surface area contributed by atoms with Gasteiger partial charge < -0.3 is 0 Å². The molecule has 0 bridgehead atoms. The number of benzene rings is 1. The number of fused-ring (bicyclic) bond motifs is 1. The number of pyridine rings is 1. The van der Waals surface area contributed by atoms with Crippen LogP contribution in [0.4, 0.5) is 0 Å². The summed E-state index contributed by atoms with van der Waals surface area (Å²) in [5.74, 6) is 0. The molecule has 1 heterocycles. The Morgan fingerprint density at radius 1 is 1.21 bits per heavy atom. The van der Waals surface area contributed by atoms with E-state index in [-0.39, 0.29) is 0 Å². The zero-order valence-electron chi connectivity index (χ0n) is 6.96. The largest absolute Gasteiger partial charge is 0.236 e. The van der Waals surface area contributed by atoms with E-state index >= 15 is 0 Å². The highest BCUT2D eigenvalue weighted by atomic mass is 35.5. The Kier molecular flexibility index (Phi) is 2.28. The molecule has 0 radical (unpaired) electrons. The summed E-state index contributed by atoms with van der Waals surface area (Å²) in [7, 11) is 0. The van der Waals surface area contributed by atoms with Crippen LogP contribution in [-0.4, -0.2) is 4.98 Å². The van der Waals surface area contributed by atoms with Crippen LogP contribution in [0.1, 0.15) is 5.56 Å². The van der Waals surface area contributed by atoms with Crippen LogP contribution in [-0.2, 0) is 0 Å². The van der Waals surface area contributed by atoms with E-state index in [9.17, 15) is 0 Å². The first-order valence-electron chi connectivity index (χ1n) is 3.86. The van der Waals surface area contributed by atoms with Crippen molar-refractivity contribution < 1.29 is 0 Å². The molecule has 2 nitrogen and oxygen atoms in total. The Labute approximate surface area is 90.7 Å². The maximum Gasteiger partial charge on any atom is 0.131 e. The van der Waals surface area contributed by atoms with Crippen molar-refractivity contribution in [3.05, 3.63) is 40.0 Å². The predicted molar refractivity (Wildman–Crippen MR) is 56.5 cm³/mol. The van der Waals surface area contributed by atoms with E-state index in [1.165, 1.54) is 6.07 Å². The molecule has 0 aliphatic carbocycles. The first-order chi connectivity index (χ1) is 6.70. The van der Waals surface area contributed by atoms with Crippen LogP contribution >= 0.6 is 23.2 Å². The fraction of sp³-hybridized carbons (Fsp3) is 0. The number of rotatable bonds is 0. The van der Waals surface area contributed by atoms with Gasteiger partial charge in [-0.25, -0.2) is 4.98 Å². The van der Waals surface area contributed by atoms with Gasteiger partial charge in [0, 0.05) is 10.4 Å². The van der Waals surface area contributed by atoms with Gasteiger partial charge in [0.05, 0.1) is 17.1 Å². The maximum absolute atomic E-state index is 8.86. The Bertz CT molecular complexity index is 538. The molecule has 2 aromatic rings. The van der Waals surface area contributed by atoms with Crippen LogP contribution in [0, 0.1) is 11.3 Å². The summed E-state index contributed by atoms with van der Waals surface area (Å²) in [6.07, 6.45) is 0. The summed E-state index contributed by atoms with van der Waals surface area (Å²) in [5, 5.41) is 10.5. The number of hydrogen-bond donors (Lipinski definition) is 0. The Morgan fingerprint density at radius 3 is 2.71 bits per heavy atom. The Balaban J connectivity index is 2.89. The van der Waals surface area contributed by atoms with Crippen LogP contribution in [0.25, 0.3) is 10.9 Å². The van der Waals surface area contributed by atoms with E-state index in [4.69, 9.17) is 28.5 Å². The first-order valence-corrected chi connectivity index (χ1v) is 4.62. The lowest BCUT2D eigenvalue weighted by molar-refractivity contribution is 1.39. The lowest BCUT2D eigenvalue weighted by atomic mass is 10.1. The molecule has 2 rings (SSSR count). The van der Waals surface area contributed by atoms with E-state index in [1.807, 2.05) is 0 Å². The molecule has 4 heteroatoms. The third-order valence-corrected chi connectivity index (χ3v) is 2.29. The van der Waals surface area contributed by atoms with Gasteiger partial charge in [-0.1, -0.05) is 23.2 Å². The fourth-order valence-electron chi connectivity index (χ4n) is 1.26. The molecule has 0 fully saturated rings. The van der Waals surface area contributed by atoms with Gasteiger partial charge in [-0.05, 0) is 24.3 Å². The number of nitriles is 1. The Morgan fingerprint density at radius 2 is 2.00 bits per heavy atom. The van der Waals surface area contributed by atoms with Gasteiger partial charge in [0.1, 0.15) is 5.15 Å². The monoisotopic (exact) mass is 222 g/mol. The van der Waals surface area contributed by atoms with E-state index in [1.54, 1.807) is 18.2 Å². The molecule has 1 aromatic carbocycles. The molecule has 0 aliphatic heterocycles. The summed E-state index contributed by atoms with van der Waals surface area (Å²) >= 11 is 11.6. The number of hydrogen-bond acceptors (Lipinski definition) is 2. The van der Waals surface area contributed by atoms with Crippen LogP contribution in [0.2, 0.25) is 10.2 Å². The summed E-state index contributed by atoms with van der Waals surface area (Å²) < 4.78 is 0. The zero-order valence-corrected chi connectivity index (χ0v) is 8.47. The number of aromatic nitrogens is 1. The van der Waals surface area contributed by atoms with Gasteiger partial charge in [-0.2, -0.15) is 5.26 Å². The molecule has 0 saturated heterocycles. The fourth-order valence-corrected chi connectivity index (χ4v) is 1.63. The molecule has 0 atom stereocenters. The van der Waals surface area contributed by atoms with Gasteiger partial charge in [-0.15, -0.1) is 0 Å². The maximum atomic E-state index is 8.86. The zero-order chi connectivity index (χ0) is 10.1. The highest BCUT2D eigenvalue weighted by Crippen LogP contribution is 2.23. The van der Waals surface area contributed by atoms with Crippen molar-refractivity contribution in [3.63, 3.8) is 0 Å². The molecule has 0 unspecified atom stereocenters. The van der Waals surface area contributed by atoms with Gasteiger partial charge in [0.25, 0.3) is 0 Å². The molecule has 0 saturated carbocycles. The minimum absolute atomic E-state index is 0.302. The van der Waals surface area contributed by atoms with Crippen molar-refractivity contribution in [2.75, 3.05) is 0 Å². The smallest absolute Gasteiger partial charge is 0.131 e. The van der Waals surface area contributed by atoms with Crippen LogP contribution in [0.3, 0.4) is 0 Å². The molecule has 1 aromatic heterocycles. The molecule has 0 N–H and O–H groups in total. The van der Waals surface area contributed by atoms with Gasteiger partial charge in [0.15, 0.2) is 0 Å². The lowest BCUT2D eigenvalue weighted by Gasteiger charge is -2.00. The van der Waals surface area contributed by atoms with Crippen molar-refractivity contribution in [1.29, 1.82) is 5.26 Å². The number of halogens is 2. The van der Waals surface area contributed by atoms with Gasteiger partial charge >= 0.3 is 0 Å². The molecule has 14 heavy (non-hydrogen) atoms. The van der Waals surface area contributed by atoms with E-state index in [2.05, 4.69) is 11.1 Å². The molecule has 0 aliphatic rings. The van der Waals surface area contributed by atoms with Crippen molar-refractivity contribution in [3.8, 4) is 6.07 Å². The van der Waals surface area contributed by atoms with E-state index in [0.717, 1.165) is 5.39 Å². The predicted octanol–water partition coefficient (Wildman–Crippen LogP) is 3.41. The standard InChI is InChI=1S/C10H4Cl2N2/c11-7-1-2-8-6(5-13)3-10(12)14-9(8)4-7/h1-4H. The average molecular weight is 223 g/mol. The highest BCUT2D eigenvalue weighted by molar-refractivity contribution is 6.32. The van der Waals surface area contributed by atoms with Crippen LogP contribution < -0.4 is 0 Å². The second-order valence-electron chi connectivity index (χ2n) is 2.77. The first kappa shape index (κ1) is 9.26. The van der Waals surface area contributed by atoms with Crippen molar-refractivity contribution in [2.45, 2.75) is 0 Å². The molecule has 0 spiro atoms. The van der Waals surface area contributed by atoms with Crippen molar-refractivity contribution >= 4 is 34.1 Å². The minimum Gasteiger partial charge on any atom is -0.236 e. The molecule has 0 amide bonds. The van der Waals surface area contributed by atoms with Crippen molar-refractivity contribution in [2.24, 2.45) is 0 Å². The SMILES string of the molecule is N#Cc1cc(Cl)nc2cc(Cl)ccc12. The summed E-state index contributed by atoms with van der Waals surface area (Å²) in [6.45, 7) is 0. The second-order valence-corrected chi connectivity index (χ2v) is 3.59. The van der Waals surface area contributed by atoms with Crippen LogP contribution in [0.15, 0.2) is 24.3 Å². The Hall–Kier alpha value is -1.30.